The summed E-state index contributed by atoms with van der Waals surface area (Å²) >= 11 is 0. The Balaban J connectivity index is 0.000000221. The minimum Gasteiger partial charge on any atom is -0.444 e. The second-order valence-electron chi connectivity index (χ2n) is 14.2. The molecule has 2 saturated heterocycles. The predicted molar refractivity (Wildman–Crippen MR) is 193 cm³/mol. The molecule has 1 aliphatic carbocycles. The van der Waals surface area contributed by atoms with Gasteiger partial charge in [0.05, 0.1) is 13.2 Å². The molecule has 48 heavy (non-hydrogen) atoms. The van der Waals surface area contributed by atoms with Crippen molar-refractivity contribution in [1.82, 2.24) is 25.2 Å². The molecule has 1 amide bonds. The quantitative estimate of drug-likeness (QED) is 0.209. The average Bonchev–Trinajstić information content (AvgIpc) is 3.77. The number of hydrogen-bond acceptors (Lipinski definition) is 8. The van der Waals surface area contributed by atoms with E-state index in [1.54, 1.807) is 6.20 Å². The van der Waals surface area contributed by atoms with E-state index in [-0.39, 0.29) is 18.5 Å². The molecular weight excluding hydrogens is 626 g/mol. The maximum atomic E-state index is 12.1. The summed E-state index contributed by atoms with van der Waals surface area (Å²) in [5, 5.41) is 4.46. The van der Waals surface area contributed by atoms with Crippen LogP contribution < -0.4 is 5.32 Å². The van der Waals surface area contributed by atoms with Gasteiger partial charge in [-0.1, -0.05) is 6.07 Å². The highest BCUT2D eigenvalue weighted by molar-refractivity contribution is 5.85. The van der Waals surface area contributed by atoms with Gasteiger partial charge in [0.2, 0.25) is 0 Å². The van der Waals surface area contributed by atoms with E-state index in [0.29, 0.717) is 19.1 Å². The van der Waals surface area contributed by atoms with Crippen LogP contribution in [0.4, 0.5) is 4.79 Å². The molecule has 6 rings (SSSR count). The van der Waals surface area contributed by atoms with E-state index in [1.807, 2.05) is 43.9 Å². The zero-order valence-corrected chi connectivity index (χ0v) is 30.1. The Hall–Kier alpha value is -2.85. The van der Waals surface area contributed by atoms with Crippen LogP contribution in [0.2, 0.25) is 0 Å². The summed E-state index contributed by atoms with van der Waals surface area (Å²) in [6, 6.07) is 12.5. The summed E-state index contributed by atoms with van der Waals surface area (Å²) < 4.78 is 17.0. The molecule has 3 aliphatic rings. The predicted octanol–water partition coefficient (Wildman–Crippen LogP) is 6.78. The molecule has 3 aromatic heterocycles. The van der Waals surface area contributed by atoms with E-state index in [1.165, 1.54) is 68.6 Å². The van der Waals surface area contributed by atoms with Gasteiger partial charge in [-0.15, -0.1) is 12.4 Å². The lowest BCUT2D eigenvalue weighted by Crippen LogP contribution is -2.35. The SMILES string of the molecule is CC(C)(C)OC(=O)N1CC[C@@H](CCOCCc2ccc3cccnc3n2)C1.Cl.c1cc2c(nc1CCOCC[C@@H]1CCNC1)CCCC2. The largest absolute Gasteiger partial charge is 0.444 e. The summed E-state index contributed by atoms with van der Waals surface area (Å²) in [7, 11) is 0. The van der Waals surface area contributed by atoms with Crippen molar-refractivity contribution in [2.24, 2.45) is 11.8 Å². The van der Waals surface area contributed by atoms with Gasteiger partial charge in [0, 0.05) is 67.8 Å². The maximum absolute atomic E-state index is 12.1. The molecule has 1 N–H and O–H groups in total. The van der Waals surface area contributed by atoms with Gasteiger partial charge >= 0.3 is 6.09 Å². The number of halogens is 1. The van der Waals surface area contributed by atoms with Gasteiger partial charge in [-0.2, -0.15) is 0 Å². The fourth-order valence-electron chi connectivity index (χ4n) is 6.48. The Morgan fingerprint density at radius 1 is 0.896 bits per heavy atom. The lowest BCUT2D eigenvalue weighted by Gasteiger charge is -2.24. The lowest BCUT2D eigenvalue weighted by molar-refractivity contribution is 0.0284. The molecule has 3 aromatic rings. The second-order valence-corrected chi connectivity index (χ2v) is 14.2. The number of carbonyl (C=O) groups excluding carboxylic acids is 1. The number of aryl methyl sites for hydroxylation is 2. The molecule has 2 atom stereocenters. The van der Waals surface area contributed by atoms with Crippen molar-refractivity contribution in [3.63, 3.8) is 0 Å². The molecule has 264 valence electrons. The molecule has 0 bridgehead atoms. The molecule has 2 fully saturated rings. The molecule has 9 nitrogen and oxygen atoms in total. The fraction of sp³-hybridized carbons (Fsp3) is 0.632. The van der Waals surface area contributed by atoms with Crippen molar-refractivity contribution in [3.8, 4) is 0 Å². The van der Waals surface area contributed by atoms with Crippen molar-refractivity contribution in [3.05, 3.63) is 65.2 Å². The Kier molecular flexibility index (Phi) is 15.3. The van der Waals surface area contributed by atoms with Crippen LogP contribution in [0.15, 0.2) is 42.6 Å². The first-order chi connectivity index (χ1) is 22.8. The van der Waals surface area contributed by atoms with Crippen molar-refractivity contribution < 1.29 is 19.0 Å². The third-order valence-corrected chi connectivity index (χ3v) is 9.20. The van der Waals surface area contributed by atoms with Gasteiger partial charge in [-0.25, -0.2) is 14.8 Å². The van der Waals surface area contributed by atoms with Crippen molar-refractivity contribution in [2.75, 3.05) is 52.6 Å². The van der Waals surface area contributed by atoms with Crippen LogP contribution in [0.25, 0.3) is 11.0 Å². The summed E-state index contributed by atoms with van der Waals surface area (Å²) in [6.07, 6.45) is 12.8. The van der Waals surface area contributed by atoms with Gasteiger partial charge in [0.1, 0.15) is 5.60 Å². The minimum atomic E-state index is -0.440. The fourth-order valence-corrected chi connectivity index (χ4v) is 6.48. The molecule has 0 radical (unpaired) electrons. The summed E-state index contributed by atoms with van der Waals surface area (Å²) in [5.74, 6) is 1.32. The number of hydrogen-bond donors (Lipinski definition) is 1. The van der Waals surface area contributed by atoms with Crippen LogP contribution >= 0.6 is 12.4 Å². The molecule has 0 saturated carbocycles. The van der Waals surface area contributed by atoms with Gasteiger partial charge < -0.3 is 24.4 Å². The Morgan fingerprint density at radius 2 is 1.62 bits per heavy atom. The van der Waals surface area contributed by atoms with E-state index in [0.717, 1.165) is 74.6 Å². The van der Waals surface area contributed by atoms with Crippen LogP contribution in [0.3, 0.4) is 0 Å². The topological polar surface area (TPSA) is 98.7 Å². The summed E-state index contributed by atoms with van der Waals surface area (Å²) in [5.41, 5.74) is 5.35. The van der Waals surface area contributed by atoms with E-state index in [9.17, 15) is 4.79 Å². The van der Waals surface area contributed by atoms with E-state index in [2.05, 4.69) is 33.5 Å². The number of aromatic nitrogens is 3. The van der Waals surface area contributed by atoms with Gasteiger partial charge in [-0.05, 0) is 133 Å². The minimum absolute atomic E-state index is 0. The van der Waals surface area contributed by atoms with Crippen LogP contribution in [-0.4, -0.2) is 84.2 Å². The lowest BCUT2D eigenvalue weighted by atomic mass is 9.96. The first kappa shape index (κ1) is 38.0. The highest BCUT2D eigenvalue weighted by Gasteiger charge is 2.29. The molecular formula is C38H56ClN5O4. The third-order valence-electron chi connectivity index (χ3n) is 9.20. The van der Waals surface area contributed by atoms with Gasteiger partial charge in [0.25, 0.3) is 0 Å². The molecule has 10 heteroatoms. The van der Waals surface area contributed by atoms with Crippen LogP contribution in [0, 0.1) is 11.8 Å². The van der Waals surface area contributed by atoms with E-state index in [4.69, 9.17) is 19.2 Å². The van der Waals surface area contributed by atoms with Crippen LogP contribution in [0.1, 0.15) is 81.9 Å². The number of rotatable bonds is 12. The number of ether oxygens (including phenoxy) is 3. The number of nitrogens with one attached hydrogen (secondary N) is 1. The Labute approximate surface area is 293 Å². The van der Waals surface area contributed by atoms with Gasteiger partial charge in [0.15, 0.2) is 5.65 Å². The van der Waals surface area contributed by atoms with Crippen molar-refractivity contribution >= 4 is 29.5 Å². The average molecular weight is 682 g/mol. The summed E-state index contributed by atoms with van der Waals surface area (Å²) in [6.45, 7) is 12.6. The van der Waals surface area contributed by atoms with E-state index >= 15 is 0 Å². The number of likely N-dealkylation sites (tertiary alicyclic amines) is 1. The molecule has 0 aromatic carbocycles. The van der Waals surface area contributed by atoms with Crippen LogP contribution in [0.5, 0.6) is 0 Å². The maximum Gasteiger partial charge on any atom is 0.410 e. The highest BCUT2D eigenvalue weighted by Crippen LogP contribution is 2.22. The highest BCUT2D eigenvalue weighted by atomic mass is 35.5. The zero-order valence-electron chi connectivity index (χ0n) is 29.3. The standard InChI is InChI=1S/C21H29N3O3.C17H26N2O.ClH/c1-21(2,3)27-20(25)24-12-8-16(15-24)9-13-26-14-10-18-7-6-17-5-4-11-22-19(17)23-18;1-2-4-17-15(3-1)5-6-16(19-17)9-12-20-11-8-14-7-10-18-13-14;/h4-7,11,16H,8-10,12-15H2,1-3H3;5-6,14,18H,1-4,7-13H2;1H/t16-;14-;/m00./s1. The van der Waals surface area contributed by atoms with Crippen molar-refractivity contribution in [2.45, 2.75) is 90.6 Å². The molecule has 0 unspecified atom stereocenters. The number of amides is 1. The van der Waals surface area contributed by atoms with Crippen molar-refractivity contribution in [1.29, 1.82) is 0 Å². The monoisotopic (exact) mass is 681 g/mol. The first-order valence-electron chi connectivity index (χ1n) is 17.8. The number of carbonyl (C=O) groups is 1. The second kappa shape index (κ2) is 19.4. The third kappa shape index (κ3) is 12.6. The number of fused-ring (bicyclic) bond motifs is 2. The molecule has 0 spiro atoms. The Bertz CT molecular complexity index is 1410. The summed E-state index contributed by atoms with van der Waals surface area (Å²) in [4.78, 5) is 27.5. The number of nitrogens with zero attached hydrogens (tertiary/aromatic N) is 4. The Morgan fingerprint density at radius 3 is 2.38 bits per heavy atom. The van der Waals surface area contributed by atoms with Gasteiger partial charge in [-0.3, -0.25) is 4.98 Å². The first-order valence-corrected chi connectivity index (χ1v) is 17.8. The zero-order chi connectivity index (χ0) is 32.9. The normalized spacial score (nSPS) is 18.9. The molecule has 5 heterocycles. The number of pyridine rings is 3. The smallest absolute Gasteiger partial charge is 0.410 e. The molecule has 2 aliphatic heterocycles. The van der Waals surface area contributed by atoms with Crippen LogP contribution in [-0.2, 0) is 39.9 Å². The van der Waals surface area contributed by atoms with E-state index < -0.39 is 5.60 Å².